The van der Waals surface area contributed by atoms with Crippen LogP contribution in [0.2, 0.25) is 5.02 Å². The summed E-state index contributed by atoms with van der Waals surface area (Å²) in [4.78, 5) is 37.3. The van der Waals surface area contributed by atoms with Gasteiger partial charge in [0.05, 0.1) is 5.02 Å². The average molecular weight is 506 g/mol. The van der Waals surface area contributed by atoms with E-state index in [0.717, 1.165) is 16.7 Å². The van der Waals surface area contributed by atoms with Crippen molar-refractivity contribution in [1.29, 1.82) is 0 Å². The van der Waals surface area contributed by atoms with Crippen molar-refractivity contribution in [2.45, 2.75) is 32.9 Å². The molecule has 3 aromatic carbocycles. The fourth-order valence-electron chi connectivity index (χ4n) is 3.67. The minimum absolute atomic E-state index is 0.0128. The number of rotatable bonds is 7. The van der Waals surface area contributed by atoms with Crippen molar-refractivity contribution in [2.75, 3.05) is 0 Å². The summed E-state index contributed by atoms with van der Waals surface area (Å²) >= 11 is 6.39. The summed E-state index contributed by atoms with van der Waals surface area (Å²) in [5, 5.41) is 3.23. The van der Waals surface area contributed by atoms with E-state index in [1.165, 1.54) is 13.0 Å². The molecule has 0 fully saturated rings. The van der Waals surface area contributed by atoms with E-state index in [-0.39, 0.29) is 23.0 Å². The Morgan fingerprint density at radius 2 is 1.64 bits per heavy atom. The maximum Gasteiger partial charge on any atom is 0.408 e. The fraction of sp³-hybridized carbons (Fsp3) is 0.179. The minimum atomic E-state index is -1.01. The van der Waals surface area contributed by atoms with Crippen molar-refractivity contribution in [3.05, 3.63) is 110 Å². The third-order valence-electron chi connectivity index (χ3n) is 5.67. The predicted octanol–water partition coefficient (Wildman–Crippen LogP) is 5.57. The number of halogens is 1. The van der Waals surface area contributed by atoms with Crippen molar-refractivity contribution in [3.63, 3.8) is 0 Å². The molecule has 0 saturated heterocycles. The monoisotopic (exact) mass is 505 g/mol. The van der Waals surface area contributed by atoms with Gasteiger partial charge in [-0.1, -0.05) is 72.3 Å². The number of carbonyl (C=O) groups is 2. The van der Waals surface area contributed by atoms with Crippen LogP contribution in [0, 0.1) is 6.92 Å². The molecule has 1 amide bonds. The van der Waals surface area contributed by atoms with Gasteiger partial charge in [-0.25, -0.2) is 14.4 Å². The van der Waals surface area contributed by atoms with Gasteiger partial charge < -0.3 is 19.2 Å². The van der Waals surface area contributed by atoms with Gasteiger partial charge >= 0.3 is 17.7 Å². The van der Waals surface area contributed by atoms with Crippen molar-refractivity contribution in [2.24, 2.45) is 0 Å². The van der Waals surface area contributed by atoms with Gasteiger partial charge in [-0.2, -0.15) is 0 Å². The molecular weight excluding hydrogens is 482 g/mol. The van der Waals surface area contributed by atoms with Crippen molar-refractivity contribution in [1.82, 2.24) is 5.32 Å². The molecule has 0 spiro atoms. The van der Waals surface area contributed by atoms with Crippen LogP contribution in [0.1, 0.15) is 29.2 Å². The standard InChI is InChI=1S/C28H24ClNO6/c1-17-21-14-23(29)25(15-24(21)35-27(32)22(17)13-19-9-5-3-6-10-19)36-26(31)18(2)30-28(33)34-16-20-11-7-4-8-12-20/h3-12,14-15,18H,13,16H2,1-2H3,(H,30,33)/t18-/m0/s1. The number of hydrogen-bond donors (Lipinski definition) is 1. The molecule has 1 aromatic heterocycles. The van der Waals surface area contributed by atoms with E-state index in [0.29, 0.717) is 17.4 Å². The predicted molar refractivity (Wildman–Crippen MR) is 136 cm³/mol. The molecule has 36 heavy (non-hydrogen) atoms. The highest BCUT2D eigenvalue weighted by molar-refractivity contribution is 6.33. The van der Waals surface area contributed by atoms with E-state index < -0.39 is 23.7 Å². The largest absolute Gasteiger partial charge is 0.445 e. The highest BCUT2D eigenvalue weighted by atomic mass is 35.5. The molecule has 0 aliphatic rings. The van der Waals surface area contributed by atoms with Crippen LogP contribution in [0.3, 0.4) is 0 Å². The number of esters is 1. The fourth-order valence-corrected chi connectivity index (χ4v) is 3.87. The first kappa shape index (κ1) is 25.0. The molecule has 0 aliphatic heterocycles. The Bertz CT molecular complexity index is 1450. The highest BCUT2D eigenvalue weighted by Crippen LogP contribution is 2.32. The Morgan fingerprint density at radius 1 is 1.00 bits per heavy atom. The smallest absolute Gasteiger partial charge is 0.408 e. The minimum Gasteiger partial charge on any atom is -0.445 e. The van der Waals surface area contributed by atoms with Crippen LogP contribution >= 0.6 is 11.6 Å². The maximum atomic E-state index is 12.7. The third kappa shape index (κ3) is 5.93. The molecule has 0 bridgehead atoms. The molecule has 0 unspecified atom stereocenters. The lowest BCUT2D eigenvalue weighted by molar-refractivity contribution is -0.136. The van der Waals surface area contributed by atoms with Crippen LogP contribution in [0.25, 0.3) is 11.0 Å². The Balaban J connectivity index is 1.46. The normalized spacial score (nSPS) is 11.6. The molecule has 1 atom stereocenters. The highest BCUT2D eigenvalue weighted by Gasteiger charge is 2.21. The van der Waals surface area contributed by atoms with Crippen LogP contribution in [0.5, 0.6) is 5.75 Å². The van der Waals surface area contributed by atoms with E-state index in [1.54, 1.807) is 6.07 Å². The van der Waals surface area contributed by atoms with Crippen molar-refractivity contribution >= 4 is 34.6 Å². The van der Waals surface area contributed by atoms with Crippen LogP contribution in [-0.2, 0) is 22.6 Å². The molecule has 1 heterocycles. The van der Waals surface area contributed by atoms with Gasteiger partial charge in [-0.15, -0.1) is 0 Å². The van der Waals surface area contributed by atoms with Gasteiger partial charge in [0.25, 0.3) is 0 Å². The molecule has 1 N–H and O–H groups in total. The van der Waals surface area contributed by atoms with Crippen LogP contribution in [0.4, 0.5) is 4.79 Å². The SMILES string of the molecule is Cc1c(Cc2ccccc2)c(=O)oc2cc(OC(=O)[C@H](C)NC(=O)OCc3ccccc3)c(Cl)cc12. The first-order valence-corrected chi connectivity index (χ1v) is 11.7. The second-order valence-electron chi connectivity index (χ2n) is 8.28. The maximum absolute atomic E-state index is 12.7. The number of nitrogens with one attached hydrogen (secondary N) is 1. The zero-order chi connectivity index (χ0) is 25.7. The summed E-state index contributed by atoms with van der Waals surface area (Å²) in [5.74, 6) is -0.744. The number of alkyl carbamates (subject to hydrolysis) is 1. The van der Waals surface area contributed by atoms with Gasteiger partial charge in [-0.05, 0) is 36.6 Å². The number of benzene rings is 3. The van der Waals surface area contributed by atoms with Gasteiger partial charge in [0, 0.05) is 23.4 Å². The van der Waals surface area contributed by atoms with E-state index in [1.807, 2.05) is 67.6 Å². The van der Waals surface area contributed by atoms with Gasteiger partial charge in [-0.3, -0.25) is 0 Å². The van der Waals surface area contributed by atoms with E-state index in [2.05, 4.69) is 5.32 Å². The van der Waals surface area contributed by atoms with Gasteiger partial charge in [0.15, 0.2) is 5.75 Å². The Labute approximate surface area is 212 Å². The lowest BCUT2D eigenvalue weighted by atomic mass is 9.99. The van der Waals surface area contributed by atoms with Gasteiger partial charge in [0.1, 0.15) is 18.2 Å². The Kier molecular flexibility index (Phi) is 7.71. The summed E-state index contributed by atoms with van der Waals surface area (Å²) in [6, 6.07) is 20.7. The van der Waals surface area contributed by atoms with E-state index in [4.69, 9.17) is 25.5 Å². The summed E-state index contributed by atoms with van der Waals surface area (Å²) in [6.07, 6.45) is -0.344. The number of fused-ring (bicyclic) bond motifs is 1. The first-order valence-electron chi connectivity index (χ1n) is 11.3. The lowest BCUT2D eigenvalue weighted by Crippen LogP contribution is -2.41. The lowest BCUT2D eigenvalue weighted by Gasteiger charge is -2.15. The summed E-state index contributed by atoms with van der Waals surface area (Å²) in [5.41, 5.74) is 2.83. The molecule has 0 radical (unpaired) electrons. The topological polar surface area (TPSA) is 94.8 Å². The Morgan fingerprint density at radius 3 is 2.31 bits per heavy atom. The van der Waals surface area contributed by atoms with E-state index in [9.17, 15) is 14.4 Å². The number of aryl methyl sites for hydroxylation is 1. The molecule has 8 heteroatoms. The summed E-state index contributed by atoms with van der Waals surface area (Å²) < 4.78 is 16.0. The summed E-state index contributed by atoms with van der Waals surface area (Å²) in [6.45, 7) is 3.35. The molecule has 7 nitrogen and oxygen atoms in total. The quantitative estimate of drug-likeness (QED) is 0.200. The second kappa shape index (κ2) is 11.1. The van der Waals surface area contributed by atoms with E-state index >= 15 is 0 Å². The van der Waals surface area contributed by atoms with Crippen LogP contribution in [0.15, 0.2) is 82.0 Å². The molecule has 0 saturated carbocycles. The molecule has 184 valence electrons. The molecule has 4 aromatic rings. The second-order valence-corrected chi connectivity index (χ2v) is 8.69. The molecular formula is C28H24ClNO6. The number of amides is 1. The number of carbonyl (C=O) groups excluding carboxylic acids is 2. The average Bonchev–Trinajstić information content (AvgIpc) is 2.87. The van der Waals surface area contributed by atoms with Crippen LogP contribution in [-0.4, -0.2) is 18.1 Å². The third-order valence-corrected chi connectivity index (χ3v) is 5.97. The van der Waals surface area contributed by atoms with Crippen molar-refractivity contribution < 1.29 is 23.5 Å². The first-order chi connectivity index (χ1) is 17.3. The Hall–Kier alpha value is -4.10. The van der Waals surface area contributed by atoms with Crippen molar-refractivity contribution in [3.8, 4) is 5.75 Å². The zero-order valence-corrected chi connectivity index (χ0v) is 20.5. The number of ether oxygens (including phenoxy) is 2. The molecule has 4 rings (SSSR count). The number of hydrogen-bond acceptors (Lipinski definition) is 6. The molecule has 0 aliphatic carbocycles. The van der Waals surface area contributed by atoms with Gasteiger partial charge in [0.2, 0.25) is 0 Å². The van der Waals surface area contributed by atoms with Crippen LogP contribution < -0.4 is 15.7 Å². The zero-order valence-electron chi connectivity index (χ0n) is 19.7. The summed E-state index contributed by atoms with van der Waals surface area (Å²) in [7, 11) is 0.